The summed E-state index contributed by atoms with van der Waals surface area (Å²) in [5, 5.41) is 9.36. The van der Waals surface area contributed by atoms with Crippen molar-refractivity contribution in [2.24, 2.45) is 0 Å². The van der Waals surface area contributed by atoms with Crippen LogP contribution in [0.3, 0.4) is 0 Å². The average molecular weight is 232 g/mol. The lowest BCUT2D eigenvalue weighted by atomic mass is 10.3. The van der Waals surface area contributed by atoms with Crippen molar-refractivity contribution >= 4 is 11.6 Å². The molecular formula is C10H14ClNO3. The maximum Gasteiger partial charge on any atom is 0.213 e. The first-order valence-electron chi connectivity index (χ1n) is 4.74. The van der Waals surface area contributed by atoms with E-state index in [2.05, 4.69) is 4.98 Å². The van der Waals surface area contributed by atoms with Gasteiger partial charge in [-0.3, -0.25) is 0 Å². The van der Waals surface area contributed by atoms with Gasteiger partial charge in [-0.15, -0.1) is 0 Å². The third-order valence-corrected chi connectivity index (χ3v) is 2.07. The number of halogens is 1. The van der Waals surface area contributed by atoms with Gasteiger partial charge < -0.3 is 14.6 Å². The van der Waals surface area contributed by atoms with Gasteiger partial charge in [-0.2, -0.15) is 0 Å². The Morgan fingerprint density at radius 3 is 2.87 bits per heavy atom. The predicted molar refractivity (Wildman–Crippen MR) is 57.2 cm³/mol. The minimum Gasteiger partial charge on any atom is -0.475 e. The van der Waals surface area contributed by atoms with Gasteiger partial charge in [-0.05, 0) is 13.0 Å². The van der Waals surface area contributed by atoms with Crippen LogP contribution < -0.4 is 4.74 Å². The largest absolute Gasteiger partial charge is 0.475 e. The Kier molecular flexibility index (Phi) is 5.39. The second kappa shape index (κ2) is 6.61. The summed E-state index contributed by atoms with van der Waals surface area (Å²) in [5.74, 6) is 0.447. The van der Waals surface area contributed by atoms with Gasteiger partial charge >= 0.3 is 0 Å². The molecule has 5 heteroatoms. The lowest BCUT2D eigenvalue weighted by Gasteiger charge is -2.07. The topological polar surface area (TPSA) is 51.6 Å². The minimum absolute atomic E-state index is 0.193. The van der Waals surface area contributed by atoms with Gasteiger partial charge in [0, 0.05) is 12.7 Å². The Morgan fingerprint density at radius 2 is 2.20 bits per heavy atom. The number of pyridine rings is 1. The van der Waals surface area contributed by atoms with E-state index in [1.807, 2.05) is 6.92 Å². The van der Waals surface area contributed by atoms with Crippen molar-refractivity contribution in [1.82, 2.24) is 4.98 Å². The Labute approximate surface area is 93.8 Å². The van der Waals surface area contributed by atoms with E-state index in [9.17, 15) is 0 Å². The van der Waals surface area contributed by atoms with Crippen LogP contribution in [0, 0.1) is 0 Å². The second-order valence-electron chi connectivity index (χ2n) is 2.78. The van der Waals surface area contributed by atoms with Crippen LogP contribution in [-0.2, 0) is 11.3 Å². The second-order valence-corrected chi connectivity index (χ2v) is 3.19. The molecule has 0 saturated carbocycles. The predicted octanol–water partition coefficient (Wildman–Crippen LogP) is 1.64. The molecule has 1 heterocycles. The first kappa shape index (κ1) is 12.2. The molecule has 0 aliphatic carbocycles. The van der Waals surface area contributed by atoms with Gasteiger partial charge in [0.05, 0.1) is 23.9 Å². The van der Waals surface area contributed by atoms with Gasteiger partial charge in [-0.1, -0.05) is 11.6 Å². The molecule has 0 fully saturated rings. The molecule has 0 bridgehead atoms. The molecule has 0 atom stereocenters. The number of nitrogens with zero attached hydrogens (tertiary/aromatic N) is 1. The maximum absolute atomic E-state index is 8.93. The molecular weight excluding hydrogens is 218 g/mol. The van der Waals surface area contributed by atoms with Crippen LogP contribution in [-0.4, -0.2) is 29.9 Å². The van der Waals surface area contributed by atoms with Crippen molar-refractivity contribution in [3.05, 3.63) is 22.8 Å². The van der Waals surface area contributed by atoms with Gasteiger partial charge in [0.1, 0.15) is 6.61 Å². The molecule has 0 aliphatic rings. The molecule has 1 aromatic rings. The molecule has 84 valence electrons. The van der Waals surface area contributed by atoms with Crippen molar-refractivity contribution in [3.63, 3.8) is 0 Å². The van der Waals surface area contributed by atoms with Crippen LogP contribution >= 0.6 is 11.6 Å². The monoisotopic (exact) mass is 231 g/mol. The third kappa shape index (κ3) is 4.03. The summed E-state index contributed by atoms with van der Waals surface area (Å²) in [6.07, 6.45) is 0. The lowest BCUT2D eigenvalue weighted by molar-refractivity contribution is 0.108. The molecule has 0 radical (unpaired) electrons. The first-order chi connectivity index (χ1) is 7.27. The number of hydrogen-bond acceptors (Lipinski definition) is 4. The highest BCUT2D eigenvalue weighted by molar-refractivity contribution is 6.31. The molecule has 1 rings (SSSR count). The Hall–Kier alpha value is -0.840. The standard InChI is InChI=1S/C10H14ClNO3/c1-2-14-5-6-15-10-4-3-8(11)9(7-13)12-10/h3-4,13H,2,5-7H2,1H3. The summed E-state index contributed by atoms with van der Waals surface area (Å²) < 4.78 is 10.4. The Bertz CT molecular complexity index is 307. The zero-order valence-electron chi connectivity index (χ0n) is 8.57. The van der Waals surface area contributed by atoms with E-state index >= 15 is 0 Å². The fourth-order valence-electron chi connectivity index (χ4n) is 1.01. The molecule has 0 spiro atoms. The van der Waals surface area contributed by atoms with Crippen LogP contribution in [0.2, 0.25) is 5.02 Å². The molecule has 0 aliphatic heterocycles. The van der Waals surface area contributed by atoms with Crippen LogP contribution in [0.1, 0.15) is 12.6 Å². The maximum atomic E-state index is 8.93. The van der Waals surface area contributed by atoms with E-state index < -0.39 is 0 Å². The quantitative estimate of drug-likeness (QED) is 0.757. The minimum atomic E-state index is -0.193. The summed E-state index contributed by atoms with van der Waals surface area (Å²) >= 11 is 5.78. The van der Waals surface area contributed by atoms with Crippen molar-refractivity contribution in [2.75, 3.05) is 19.8 Å². The summed E-state index contributed by atoms with van der Waals surface area (Å²) in [5.41, 5.74) is 0.422. The molecule has 0 saturated heterocycles. The zero-order valence-corrected chi connectivity index (χ0v) is 9.33. The van der Waals surface area contributed by atoms with E-state index in [-0.39, 0.29) is 6.61 Å². The first-order valence-corrected chi connectivity index (χ1v) is 5.12. The highest BCUT2D eigenvalue weighted by Crippen LogP contribution is 2.17. The highest BCUT2D eigenvalue weighted by atomic mass is 35.5. The number of hydrogen-bond donors (Lipinski definition) is 1. The molecule has 1 aromatic heterocycles. The molecule has 1 N–H and O–H groups in total. The van der Waals surface area contributed by atoms with Crippen LogP contribution in [0.5, 0.6) is 5.88 Å². The Balaban J connectivity index is 2.47. The van der Waals surface area contributed by atoms with Crippen molar-refractivity contribution in [1.29, 1.82) is 0 Å². The smallest absolute Gasteiger partial charge is 0.213 e. The molecule has 4 nitrogen and oxygen atoms in total. The summed E-state index contributed by atoms with van der Waals surface area (Å²) in [4.78, 5) is 4.03. The van der Waals surface area contributed by atoms with E-state index in [0.29, 0.717) is 36.4 Å². The molecule has 0 aromatic carbocycles. The fraction of sp³-hybridized carbons (Fsp3) is 0.500. The SMILES string of the molecule is CCOCCOc1ccc(Cl)c(CO)n1. The van der Waals surface area contributed by atoms with E-state index in [0.717, 1.165) is 0 Å². The summed E-state index contributed by atoms with van der Waals surface area (Å²) in [6.45, 7) is 3.35. The molecule has 0 amide bonds. The molecule has 15 heavy (non-hydrogen) atoms. The summed E-state index contributed by atoms with van der Waals surface area (Å²) in [6, 6.07) is 3.31. The number of aliphatic hydroxyl groups is 1. The van der Waals surface area contributed by atoms with E-state index in [1.54, 1.807) is 12.1 Å². The van der Waals surface area contributed by atoms with Crippen LogP contribution in [0.4, 0.5) is 0 Å². The van der Waals surface area contributed by atoms with Crippen molar-refractivity contribution < 1.29 is 14.6 Å². The van der Waals surface area contributed by atoms with Crippen LogP contribution in [0.25, 0.3) is 0 Å². The van der Waals surface area contributed by atoms with E-state index in [1.165, 1.54) is 0 Å². The van der Waals surface area contributed by atoms with E-state index in [4.69, 9.17) is 26.2 Å². The average Bonchev–Trinajstić information content (AvgIpc) is 2.26. The van der Waals surface area contributed by atoms with Crippen LogP contribution in [0.15, 0.2) is 12.1 Å². The zero-order chi connectivity index (χ0) is 11.1. The third-order valence-electron chi connectivity index (χ3n) is 1.72. The number of rotatable bonds is 6. The van der Waals surface area contributed by atoms with Crippen molar-refractivity contribution in [2.45, 2.75) is 13.5 Å². The Morgan fingerprint density at radius 1 is 1.40 bits per heavy atom. The van der Waals surface area contributed by atoms with Gasteiger partial charge in [0.15, 0.2) is 0 Å². The number of ether oxygens (including phenoxy) is 2. The lowest BCUT2D eigenvalue weighted by Crippen LogP contribution is -2.07. The number of aliphatic hydroxyl groups excluding tert-OH is 1. The van der Waals surface area contributed by atoms with Gasteiger partial charge in [0.25, 0.3) is 0 Å². The normalized spacial score (nSPS) is 10.3. The van der Waals surface area contributed by atoms with Gasteiger partial charge in [0.2, 0.25) is 5.88 Å². The van der Waals surface area contributed by atoms with Gasteiger partial charge in [-0.25, -0.2) is 4.98 Å². The van der Waals surface area contributed by atoms with Crippen molar-refractivity contribution in [3.8, 4) is 5.88 Å². The summed E-state index contributed by atoms with van der Waals surface area (Å²) in [7, 11) is 0. The highest BCUT2D eigenvalue weighted by Gasteiger charge is 2.03. The molecule has 0 unspecified atom stereocenters. The fourth-order valence-corrected chi connectivity index (χ4v) is 1.17. The number of aromatic nitrogens is 1.